The van der Waals surface area contributed by atoms with Crippen LogP contribution in [-0.2, 0) is 23.3 Å². The molecule has 1 amide bonds. The van der Waals surface area contributed by atoms with Gasteiger partial charge in [-0.05, 0) is 57.2 Å². The third kappa shape index (κ3) is 1.97. The number of carbonyl (C=O) groups is 1. The molecule has 2 fully saturated rings. The second-order valence-electron chi connectivity index (χ2n) is 8.11. The fourth-order valence-corrected chi connectivity index (χ4v) is 4.81. The Kier molecular flexibility index (Phi) is 2.90. The van der Waals surface area contributed by atoms with Crippen molar-refractivity contribution < 1.29 is 4.79 Å². The highest BCUT2D eigenvalue weighted by molar-refractivity contribution is 5.88. The van der Waals surface area contributed by atoms with Crippen LogP contribution in [0, 0.1) is 17.8 Å². The Labute approximate surface area is 141 Å². The summed E-state index contributed by atoms with van der Waals surface area (Å²) in [5.41, 5.74) is 3.18. The number of nitrogens with zero attached hydrogens (tertiary/aromatic N) is 2. The molecule has 5 heteroatoms. The van der Waals surface area contributed by atoms with Gasteiger partial charge in [-0.2, -0.15) is 5.10 Å². The summed E-state index contributed by atoms with van der Waals surface area (Å²) in [7, 11) is 0. The molecule has 5 nitrogen and oxygen atoms in total. The Morgan fingerprint density at radius 3 is 2.92 bits per heavy atom. The zero-order valence-corrected chi connectivity index (χ0v) is 14.3. The molecule has 3 heterocycles. The number of hydrogen-bond acceptors (Lipinski definition) is 3. The molecule has 0 bridgehead atoms. The SMILES string of the molecule is CC(C)(NC(=O)[C@H]1[C@@H]2CNC[C@@H]21)c1nn2c3c(cccc13)CCC2. The van der Waals surface area contributed by atoms with E-state index in [0.29, 0.717) is 11.8 Å². The van der Waals surface area contributed by atoms with Gasteiger partial charge in [0.1, 0.15) is 0 Å². The molecule has 1 saturated carbocycles. The largest absolute Gasteiger partial charge is 0.345 e. The van der Waals surface area contributed by atoms with Crippen molar-refractivity contribution in [2.24, 2.45) is 17.8 Å². The number of fused-ring (bicyclic) bond motifs is 1. The molecule has 0 unspecified atom stereocenters. The van der Waals surface area contributed by atoms with Gasteiger partial charge in [-0.1, -0.05) is 18.2 Å². The summed E-state index contributed by atoms with van der Waals surface area (Å²) in [6, 6.07) is 6.47. The fourth-order valence-electron chi connectivity index (χ4n) is 4.81. The van der Waals surface area contributed by atoms with Gasteiger partial charge in [-0.15, -0.1) is 0 Å². The van der Waals surface area contributed by atoms with Crippen LogP contribution in [0.3, 0.4) is 0 Å². The van der Waals surface area contributed by atoms with Crippen molar-refractivity contribution in [3.05, 3.63) is 29.5 Å². The van der Waals surface area contributed by atoms with Crippen LogP contribution in [0.5, 0.6) is 0 Å². The van der Waals surface area contributed by atoms with Crippen LogP contribution in [0.1, 0.15) is 31.5 Å². The van der Waals surface area contributed by atoms with Crippen molar-refractivity contribution in [1.29, 1.82) is 0 Å². The number of carbonyl (C=O) groups excluding carboxylic acids is 1. The lowest BCUT2D eigenvalue weighted by molar-refractivity contribution is -0.124. The van der Waals surface area contributed by atoms with E-state index in [4.69, 9.17) is 5.10 Å². The molecule has 2 aliphatic heterocycles. The van der Waals surface area contributed by atoms with Crippen molar-refractivity contribution in [2.45, 2.75) is 38.8 Å². The van der Waals surface area contributed by atoms with Crippen LogP contribution < -0.4 is 10.6 Å². The predicted molar refractivity (Wildman–Crippen MR) is 92.6 cm³/mol. The van der Waals surface area contributed by atoms with Crippen LogP contribution in [0.2, 0.25) is 0 Å². The average molecular weight is 324 g/mol. The van der Waals surface area contributed by atoms with Gasteiger partial charge in [0.2, 0.25) is 5.91 Å². The van der Waals surface area contributed by atoms with E-state index in [0.717, 1.165) is 38.2 Å². The van der Waals surface area contributed by atoms with Crippen LogP contribution in [0.4, 0.5) is 0 Å². The maximum atomic E-state index is 12.7. The van der Waals surface area contributed by atoms with Crippen LogP contribution in [0.25, 0.3) is 10.9 Å². The highest BCUT2D eigenvalue weighted by Gasteiger charge is 2.57. The lowest BCUT2D eigenvalue weighted by Crippen LogP contribution is -2.43. The van der Waals surface area contributed by atoms with Gasteiger partial charge < -0.3 is 10.6 Å². The minimum Gasteiger partial charge on any atom is -0.345 e. The number of para-hydroxylation sites is 1. The van der Waals surface area contributed by atoms with Gasteiger partial charge in [0.05, 0.1) is 16.7 Å². The summed E-state index contributed by atoms with van der Waals surface area (Å²) in [6.45, 7) is 7.11. The van der Waals surface area contributed by atoms with Crippen molar-refractivity contribution in [3.8, 4) is 0 Å². The number of aromatic nitrogens is 2. The number of piperidine rings is 1. The first-order valence-corrected chi connectivity index (χ1v) is 9.08. The first kappa shape index (κ1) is 14.5. The Morgan fingerprint density at radius 2 is 2.12 bits per heavy atom. The highest BCUT2D eigenvalue weighted by atomic mass is 16.2. The molecule has 5 rings (SSSR count). The first-order valence-electron chi connectivity index (χ1n) is 9.08. The number of benzene rings is 1. The minimum atomic E-state index is -0.451. The molecule has 0 radical (unpaired) electrons. The Balaban J connectivity index is 1.48. The van der Waals surface area contributed by atoms with Gasteiger partial charge >= 0.3 is 0 Å². The second kappa shape index (κ2) is 4.82. The standard InChI is InChI=1S/C19H24N4O/c1-19(2,21-18(24)15-13-9-20-10-14(13)15)17-12-7-3-5-11-6-4-8-23(22-17)16(11)12/h3,5,7,13-15,20H,4,6,8-10H2,1-2H3,(H,21,24)/t13-,14+,15+. The molecular weight excluding hydrogens is 300 g/mol. The molecule has 1 aromatic carbocycles. The first-order chi connectivity index (χ1) is 11.6. The van der Waals surface area contributed by atoms with E-state index in [1.165, 1.54) is 16.5 Å². The summed E-state index contributed by atoms with van der Waals surface area (Å²) < 4.78 is 2.13. The van der Waals surface area contributed by atoms with Crippen molar-refractivity contribution in [2.75, 3.05) is 13.1 Å². The number of aryl methyl sites for hydroxylation is 2. The monoisotopic (exact) mass is 324 g/mol. The molecule has 1 saturated heterocycles. The van der Waals surface area contributed by atoms with E-state index in [1.807, 2.05) is 0 Å². The quantitative estimate of drug-likeness (QED) is 0.905. The van der Waals surface area contributed by atoms with Gasteiger partial charge in [0.25, 0.3) is 0 Å². The number of amides is 1. The van der Waals surface area contributed by atoms with Gasteiger partial charge in [0.15, 0.2) is 0 Å². The fraction of sp³-hybridized carbons (Fsp3) is 0.579. The molecule has 24 heavy (non-hydrogen) atoms. The lowest BCUT2D eigenvalue weighted by Gasteiger charge is -2.25. The smallest absolute Gasteiger partial charge is 0.224 e. The molecule has 126 valence electrons. The Bertz CT molecular complexity index is 827. The third-order valence-corrected chi connectivity index (χ3v) is 6.09. The number of rotatable bonds is 3. The van der Waals surface area contributed by atoms with Crippen molar-refractivity contribution in [3.63, 3.8) is 0 Å². The summed E-state index contributed by atoms with van der Waals surface area (Å²) in [4.78, 5) is 12.7. The van der Waals surface area contributed by atoms with Gasteiger partial charge in [-0.3, -0.25) is 9.48 Å². The van der Waals surface area contributed by atoms with E-state index < -0.39 is 5.54 Å². The summed E-state index contributed by atoms with van der Waals surface area (Å²) in [6.07, 6.45) is 2.26. The molecule has 3 aliphatic rings. The molecule has 3 atom stereocenters. The van der Waals surface area contributed by atoms with E-state index in [-0.39, 0.29) is 11.8 Å². The van der Waals surface area contributed by atoms with Gasteiger partial charge in [-0.25, -0.2) is 0 Å². The Morgan fingerprint density at radius 1 is 1.33 bits per heavy atom. The number of nitrogens with one attached hydrogen (secondary N) is 2. The minimum absolute atomic E-state index is 0.199. The topological polar surface area (TPSA) is 59.0 Å². The average Bonchev–Trinajstić information content (AvgIpc) is 2.90. The van der Waals surface area contributed by atoms with Crippen LogP contribution in [0.15, 0.2) is 18.2 Å². The normalized spacial score (nSPS) is 28.0. The zero-order chi connectivity index (χ0) is 16.5. The Hall–Kier alpha value is -1.88. The highest BCUT2D eigenvalue weighted by Crippen LogP contribution is 2.49. The van der Waals surface area contributed by atoms with Gasteiger partial charge in [0, 0.05) is 17.8 Å². The van der Waals surface area contributed by atoms with Crippen LogP contribution in [-0.4, -0.2) is 28.8 Å². The molecule has 1 aliphatic carbocycles. The molecule has 0 spiro atoms. The predicted octanol–water partition coefficient (Wildman–Crippen LogP) is 1.80. The molecule has 2 aromatic rings. The van der Waals surface area contributed by atoms with Crippen molar-refractivity contribution in [1.82, 2.24) is 20.4 Å². The van der Waals surface area contributed by atoms with E-state index in [9.17, 15) is 4.79 Å². The summed E-state index contributed by atoms with van der Waals surface area (Å²) in [5, 5.41) is 12.7. The summed E-state index contributed by atoms with van der Waals surface area (Å²) >= 11 is 0. The van der Waals surface area contributed by atoms with E-state index in [2.05, 4.69) is 47.4 Å². The second-order valence-corrected chi connectivity index (χ2v) is 8.11. The van der Waals surface area contributed by atoms with Crippen LogP contribution >= 0.6 is 0 Å². The third-order valence-electron chi connectivity index (χ3n) is 6.09. The zero-order valence-electron chi connectivity index (χ0n) is 14.3. The lowest BCUT2D eigenvalue weighted by atomic mass is 9.94. The van der Waals surface area contributed by atoms with E-state index >= 15 is 0 Å². The maximum absolute atomic E-state index is 12.7. The molecule has 2 N–H and O–H groups in total. The van der Waals surface area contributed by atoms with E-state index in [1.54, 1.807) is 0 Å². The molecular formula is C19H24N4O. The number of hydrogen-bond donors (Lipinski definition) is 2. The maximum Gasteiger partial charge on any atom is 0.224 e. The molecule has 1 aromatic heterocycles. The van der Waals surface area contributed by atoms with Crippen molar-refractivity contribution >= 4 is 16.8 Å². The summed E-state index contributed by atoms with van der Waals surface area (Å²) in [5.74, 6) is 1.49.